The number of imidazole rings is 1. The fourth-order valence-corrected chi connectivity index (χ4v) is 8.22. The van der Waals surface area contributed by atoms with Crippen LogP contribution in [0.4, 0.5) is 0 Å². The maximum atomic E-state index is 5.05. The SMILES string of the molecule is C/C=C\c1cc(-c2c3ccccc3c(-c3ccc(-c4ccc5c(c4)c4ccccc4c4nc6ccccc6n54)cc3)c3ccccc23)ccc1C. The van der Waals surface area contributed by atoms with Gasteiger partial charge in [0.2, 0.25) is 0 Å². The van der Waals surface area contributed by atoms with Gasteiger partial charge in [-0.15, -0.1) is 0 Å². The molecule has 0 unspecified atom stereocenters. The molecule has 0 saturated carbocycles. The lowest BCUT2D eigenvalue weighted by Crippen LogP contribution is -1.93. The summed E-state index contributed by atoms with van der Waals surface area (Å²) in [7, 11) is 0. The molecule has 0 fully saturated rings. The Hall–Kier alpha value is -6.51. The summed E-state index contributed by atoms with van der Waals surface area (Å²) in [4.78, 5) is 5.05. The van der Waals surface area contributed by atoms with Crippen LogP contribution in [0.1, 0.15) is 18.1 Å². The number of pyridine rings is 1. The van der Waals surface area contributed by atoms with E-state index in [1.165, 1.54) is 87.7 Å². The standard InChI is InChI=1S/C49H34N2/c1-3-12-34-29-36(22-21-31(34)2)48-40-16-7-5-14-38(40)47(39-15-6-8-17-41(39)48)33-25-23-32(24-26-33)35-27-28-45-43(30-35)37-13-4-9-18-42(37)49-50-44-19-10-11-20-46(44)51(45)49/h3-30H,1-2H3/b12-3-. The minimum atomic E-state index is 1.00. The van der Waals surface area contributed by atoms with Gasteiger partial charge in [0.25, 0.3) is 0 Å². The van der Waals surface area contributed by atoms with Crippen molar-refractivity contribution in [3.8, 4) is 33.4 Å². The van der Waals surface area contributed by atoms with E-state index in [9.17, 15) is 0 Å². The van der Waals surface area contributed by atoms with Gasteiger partial charge in [0.15, 0.2) is 0 Å². The molecule has 2 heterocycles. The molecule has 2 nitrogen and oxygen atoms in total. The summed E-state index contributed by atoms with van der Waals surface area (Å²) in [5, 5.41) is 8.68. The molecule has 0 aliphatic heterocycles. The highest BCUT2D eigenvalue weighted by Gasteiger charge is 2.18. The first-order valence-electron chi connectivity index (χ1n) is 17.7. The number of allylic oxidation sites excluding steroid dienone is 1. The fraction of sp³-hybridized carbons (Fsp3) is 0.0408. The van der Waals surface area contributed by atoms with Crippen LogP contribution >= 0.6 is 0 Å². The van der Waals surface area contributed by atoms with Crippen molar-refractivity contribution in [2.45, 2.75) is 13.8 Å². The van der Waals surface area contributed by atoms with Crippen molar-refractivity contribution in [1.82, 2.24) is 9.38 Å². The first kappa shape index (κ1) is 29.4. The van der Waals surface area contributed by atoms with Crippen LogP contribution in [0, 0.1) is 6.92 Å². The Morgan fingerprint density at radius 1 is 0.451 bits per heavy atom. The third-order valence-corrected chi connectivity index (χ3v) is 10.6. The normalized spacial score (nSPS) is 12.0. The zero-order chi connectivity index (χ0) is 34.1. The molecule has 8 aromatic carbocycles. The molecule has 0 amide bonds. The van der Waals surface area contributed by atoms with Gasteiger partial charge in [0.1, 0.15) is 5.65 Å². The van der Waals surface area contributed by atoms with Crippen molar-refractivity contribution >= 4 is 66.0 Å². The third kappa shape index (κ3) is 4.53. The molecule has 240 valence electrons. The Balaban J connectivity index is 1.15. The Kier molecular flexibility index (Phi) is 6.65. The van der Waals surface area contributed by atoms with Gasteiger partial charge >= 0.3 is 0 Å². The Morgan fingerprint density at radius 3 is 1.69 bits per heavy atom. The Morgan fingerprint density at radius 2 is 1.00 bits per heavy atom. The van der Waals surface area contributed by atoms with Gasteiger partial charge in [0, 0.05) is 10.8 Å². The van der Waals surface area contributed by atoms with Gasteiger partial charge in [0.05, 0.1) is 16.6 Å². The lowest BCUT2D eigenvalue weighted by Gasteiger charge is -2.18. The van der Waals surface area contributed by atoms with Crippen LogP contribution in [-0.2, 0) is 0 Å². The van der Waals surface area contributed by atoms with E-state index in [4.69, 9.17) is 4.98 Å². The van der Waals surface area contributed by atoms with E-state index in [-0.39, 0.29) is 0 Å². The van der Waals surface area contributed by atoms with Gasteiger partial charge in [-0.2, -0.15) is 0 Å². The minimum absolute atomic E-state index is 1.00. The average molecular weight is 651 g/mol. The summed E-state index contributed by atoms with van der Waals surface area (Å²) in [6.07, 6.45) is 4.33. The van der Waals surface area contributed by atoms with Crippen molar-refractivity contribution in [3.63, 3.8) is 0 Å². The van der Waals surface area contributed by atoms with Crippen LogP contribution < -0.4 is 0 Å². The summed E-state index contributed by atoms with van der Waals surface area (Å²) in [6, 6.07) is 57.8. The molecule has 0 aliphatic carbocycles. The Labute approximate surface area is 296 Å². The molecule has 0 atom stereocenters. The lowest BCUT2D eigenvalue weighted by atomic mass is 9.85. The van der Waals surface area contributed by atoms with Crippen molar-refractivity contribution in [2.75, 3.05) is 0 Å². The van der Waals surface area contributed by atoms with Crippen LogP contribution in [0.3, 0.4) is 0 Å². The van der Waals surface area contributed by atoms with E-state index in [1.807, 2.05) is 0 Å². The summed E-state index contributed by atoms with van der Waals surface area (Å²) in [6.45, 7) is 4.27. The molecule has 0 N–H and O–H groups in total. The molecular weight excluding hydrogens is 617 g/mol. The number of hydrogen-bond acceptors (Lipinski definition) is 1. The number of aromatic nitrogens is 2. The van der Waals surface area contributed by atoms with E-state index in [2.05, 4.69) is 188 Å². The highest BCUT2D eigenvalue weighted by molar-refractivity contribution is 6.21. The lowest BCUT2D eigenvalue weighted by molar-refractivity contribution is 1.31. The van der Waals surface area contributed by atoms with Crippen LogP contribution in [0.2, 0.25) is 0 Å². The predicted molar refractivity (Wildman–Crippen MR) is 218 cm³/mol. The van der Waals surface area contributed by atoms with E-state index in [1.54, 1.807) is 0 Å². The number of nitrogens with zero attached hydrogens (tertiary/aromatic N) is 2. The smallest absolute Gasteiger partial charge is 0.146 e. The average Bonchev–Trinajstić information content (AvgIpc) is 3.58. The number of rotatable bonds is 4. The predicted octanol–water partition coefficient (Wildman–Crippen LogP) is 13.4. The highest BCUT2D eigenvalue weighted by atomic mass is 15.0. The summed E-state index contributed by atoms with van der Waals surface area (Å²) < 4.78 is 2.32. The maximum Gasteiger partial charge on any atom is 0.146 e. The topological polar surface area (TPSA) is 17.3 Å². The summed E-state index contributed by atoms with van der Waals surface area (Å²) >= 11 is 0. The summed E-state index contributed by atoms with van der Waals surface area (Å²) in [5.41, 5.74) is 14.3. The molecule has 0 radical (unpaired) electrons. The van der Waals surface area contributed by atoms with Crippen LogP contribution in [0.15, 0.2) is 164 Å². The molecule has 0 spiro atoms. The number of benzene rings is 8. The second-order valence-corrected chi connectivity index (χ2v) is 13.5. The first-order chi connectivity index (χ1) is 25.2. The first-order valence-corrected chi connectivity index (χ1v) is 17.7. The molecule has 10 aromatic rings. The van der Waals surface area contributed by atoms with Gasteiger partial charge in [-0.05, 0) is 116 Å². The van der Waals surface area contributed by atoms with Crippen molar-refractivity contribution < 1.29 is 0 Å². The minimum Gasteiger partial charge on any atom is -0.292 e. The number of hydrogen-bond donors (Lipinski definition) is 0. The maximum absolute atomic E-state index is 5.05. The number of para-hydroxylation sites is 2. The van der Waals surface area contributed by atoms with Crippen molar-refractivity contribution in [1.29, 1.82) is 0 Å². The van der Waals surface area contributed by atoms with Crippen LogP contribution in [0.5, 0.6) is 0 Å². The number of fused-ring (bicyclic) bond motifs is 10. The van der Waals surface area contributed by atoms with E-state index in [0.717, 1.165) is 16.7 Å². The monoisotopic (exact) mass is 650 g/mol. The summed E-state index contributed by atoms with van der Waals surface area (Å²) in [5.74, 6) is 0. The molecule has 0 saturated heterocycles. The van der Waals surface area contributed by atoms with E-state index < -0.39 is 0 Å². The Bertz CT molecular complexity index is 2980. The molecule has 0 aliphatic rings. The molecule has 10 rings (SSSR count). The van der Waals surface area contributed by atoms with E-state index >= 15 is 0 Å². The number of aryl methyl sites for hydroxylation is 1. The van der Waals surface area contributed by atoms with Gasteiger partial charge in [-0.3, -0.25) is 4.40 Å². The zero-order valence-corrected chi connectivity index (χ0v) is 28.6. The van der Waals surface area contributed by atoms with Crippen molar-refractivity contribution in [3.05, 3.63) is 175 Å². The largest absolute Gasteiger partial charge is 0.292 e. The quantitative estimate of drug-likeness (QED) is 0.137. The second-order valence-electron chi connectivity index (χ2n) is 13.5. The van der Waals surface area contributed by atoms with Gasteiger partial charge in [-0.25, -0.2) is 4.98 Å². The highest BCUT2D eigenvalue weighted by Crippen LogP contribution is 2.44. The molecule has 0 bridgehead atoms. The molecule has 2 aromatic heterocycles. The van der Waals surface area contributed by atoms with Gasteiger partial charge in [-0.1, -0.05) is 140 Å². The molecule has 2 heteroatoms. The van der Waals surface area contributed by atoms with Crippen molar-refractivity contribution in [2.24, 2.45) is 0 Å². The second kappa shape index (κ2) is 11.5. The van der Waals surface area contributed by atoms with E-state index in [0.29, 0.717) is 0 Å². The molecular formula is C49H34N2. The fourth-order valence-electron chi connectivity index (χ4n) is 8.22. The van der Waals surface area contributed by atoms with Gasteiger partial charge < -0.3 is 0 Å². The van der Waals surface area contributed by atoms with Crippen LogP contribution in [-0.4, -0.2) is 9.38 Å². The molecule has 51 heavy (non-hydrogen) atoms. The van der Waals surface area contributed by atoms with Crippen LogP contribution in [0.25, 0.3) is 99.4 Å². The zero-order valence-electron chi connectivity index (χ0n) is 28.6. The third-order valence-electron chi connectivity index (χ3n) is 10.6.